The highest BCUT2D eigenvalue weighted by Crippen LogP contribution is 2.30. The Morgan fingerprint density at radius 1 is 1.33 bits per heavy atom. The fourth-order valence-electron chi connectivity index (χ4n) is 2.04. The molecule has 0 aromatic heterocycles. The van der Waals surface area contributed by atoms with Crippen LogP contribution in [0.1, 0.15) is 0 Å². The predicted octanol–water partition coefficient (Wildman–Crippen LogP) is 0.516. The van der Waals surface area contributed by atoms with E-state index in [9.17, 15) is 21.2 Å². The van der Waals surface area contributed by atoms with Gasteiger partial charge in [-0.2, -0.15) is 16.1 Å². The normalized spacial score (nSPS) is 21.3. The van der Waals surface area contributed by atoms with Gasteiger partial charge in [-0.1, -0.05) is 0 Å². The molecule has 0 aliphatic carbocycles. The highest BCUT2D eigenvalue weighted by molar-refractivity contribution is 8.01. The van der Waals surface area contributed by atoms with Gasteiger partial charge < -0.3 is 5.73 Å². The van der Waals surface area contributed by atoms with Crippen LogP contribution in [0.15, 0.2) is 23.1 Å². The second-order valence-corrected chi connectivity index (χ2v) is 9.87. The van der Waals surface area contributed by atoms with Crippen molar-refractivity contribution < 1.29 is 21.2 Å². The molecule has 0 saturated carbocycles. The van der Waals surface area contributed by atoms with E-state index < -0.39 is 35.9 Å². The molecule has 118 valence electrons. The number of anilines is 1. The van der Waals surface area contributed by atoms with E-state index in [4.69, 9.17) is 5.73 Å². The molecule has 1 saturated heterocycles. The quantitative estimate of drug-likeness (QED) is 0.795. The third-order valence-corrected chi connectivity index (χ3v) is 7.83. The average molecular weight is 354 g/mol. The largest absolute Gasteiger partial charge is 0.398 e. The van der Waals surface area contributed by atoms with E-state index in [1.165, 1.54) is 11.8 Å². The van der Waals surface area contributed by atoms with Crippen LogP contribution in [0.5, 0.6) is 0 Å². The van der Waals surface area contributed by atoms with E-state index in [2.05, 4.69) is 0 Å². The number of thioether (sulfide) groups is 1. The lowest BCUT2D eigenvalue weighted by molar-refractivity contribution is 0.405. The highest BCUT2D eigenvalue weighted by Gasteiger charge is 2.40. The SMILES string of the molecule is CS(=O)(=O)C1CSCCN1S(=O)(=O)c1cc(F)ccc1N. The van der Waals surface area contributed by atoms with Crippen LogP contribution >= 0.6 is 11.8 Å². The third-order valence-electron chi connectivity index (χ3n) is 3.09. The number of hydrogen-bond donors (Lipinski definition) is 1. The molecule has 1 fully saturated rings. The molecule has 1 unspecified atom stereocenters. The number of rotatable bonds is 3. The van der Waals surface area contributed by atoms with Gasteiger partial charge in [0, 0.05) is 24.3 Å². The number of nitrogens with two attached hydrogens (primary N) is 1. The zero-order chi connectivity index (χ0) is 15.8. The fraction of sp³-hybridized carbons (Fsp3) is 0.455. The number of hydrogen-bond acceptors (Lipinski definition) is 6. The maximum absolute atomic E-state index is 13.3. The van der Waals surface area contributed by atoms with Crippen LogP contribution < -0.4 is 5.73 Å². The molecule has 1 aliphatic rings. The minimum atomic E-state index is -4.17. The molecule has 6 nitrogen and oxygen atoms in total. The molecule has 1 heterocycles. The van der Waals surface area contributed by atoms with Crippen molar-refractivity contribution >= 4 is 37.3 Å². The average Bonchev–Trinajstić information content (AvgIpc) is 2.40. The number of sulfone groups is 1. The summed E-state index contributed by atoms with van der Waals surface area (Å²) < 4.78 is 63.1. The summed E-state index contributed by atoms with van der Waals surface area (Å²) >= 11 is 1.36. The van der Waals surface area contributed by atoms with Gasteiger partial charge in [0.2, 0.25) is 10.0 Å². The number of halogens is 1. The number of benzene rings is 1. The number of nitrogen functional groups attached to an aromatic ring is 1. The molecule has 1 aromatic carbocycles. The van der Waals surface area contributed by atoms with Gasteiger partial charge in [-0.15, -0.1) is 0 Å². The van der Waals surface area contributed by atoms with Crippen molar-refractivity contribution in [2.24, 2.45) is 0 Å². The number of nitrogens with zero attached hydrogens (tertiary/aromatic N) is 1. The Morgan fingerprint density at radius 3 is 2.62 bits per heavy atom. The van der Waals surface area contributed by atoms with Crippen LogP contribution in [0, 0.1) is 5.82 Å². The summed E-state index contributed by atoms with van der Waals surface area (Å²) in [7, 11) is -7.77. The van der Waals surface area contributed by atoms with E-state index in [1.54, 1.807) is 0 Å². The monoisotopic (exact) mass is 354 g/mol. The van der Waals surface area contributed by atoms with Gasteiger partial charge in [-0.25, -0.2) is 21.2 Å². The van der Waals surface area contributed by atoms with Gasteiger partial charge >= 0.3 is 0 Å². The Balaban J connectivity index is 2.53. The van der Waals surface area contributed by atoms with Crippen LogP contribution in [0.3, 0.4) is 0 Å². The number of sulfonamides is 1. The van der Waals surface area contributed by atoms with E-state index in [0.29, 0.717) is 5.75 Å². The molecular weight excluding hydrogens is 339 g/mol. The topological polar surface area (TPSA) is 97.5 Å². The first-order valence-electron chi connectivity index (χ1n) is 5.97. The van der Waals surface area contributed by atoms with Crippen molar-refractivity contribution in [2.75, 3.05) is 30.0 Å². The summed E-state index contributed by atoms with van der Waals surface area (Å²) in [5.74, 6) is -0.127. The summed E-state index contributed by atoms with van der Waals surface area (Å²) in [5.41, 5.74) is 5.50. The lowest BCUT2D eigenvalue weighted by Crippen LogP contribution is -2.49. The third kappa shape index (κ3) is 3.33. The van der Waals surface area contributed by atoms with Crippen LogP contribution in [0.2, 0.25) is 0 Å². The smallest absolute Gasteiger partial charge is 0.246 e. The van der Waals surface area contributed by atoms with Crippen LogP contribution in [-0.2, 0) is 19.9 Å². The minimum Gasteiger partial charge on any atom is -0.398 e. The molecule has 0 spiro atoms. The van der Waals surface area contributed by atoms with Crippen LogP contribution in [0.25, 0.3) is 0 Å². The Labute approximate surface area is 127 Å². The van der Waals surface area contributed by atoms with Crippen molar-refractivity contribution in [3.8, 4) is 0 Å². The molecule has 2 N–H and O–H groups in total. The predicted molar refractivity (Wildman–Crippen MR) is 80.7 cm³/mol. The zero-order valence-electron chi connectivity index (χ0n) is 11.2. The highest BCUT2D eigenvalue weighted by atomic mass is 32.2. The van der Waals surface area contributed by atoms with E-state index in [0.717, 1.165) is 28.8 Å². The zero-order valence-corrected chi connectivity index (χ0v) is 13.6. The molecule has 1 atom stereocenters. The molecule has 1 aliphatic heterocycles. The maximum Gasteiger partial charge on any atom is 0.246 e. The molecule has 21 heavy (non-hydrogen) atoms. The molecular formula is C11H15FN2O4S3. The van der Waals surface area contributed by atoms with Crippen molar-refractivity contribution in [1.29, 1.82) is 0 Å². The van der Waals surface area contributed by atoms with Gasteiger partial charge in [-0.05, 0) is 18.2 Å². The first kappa shape index (κ1) is 16.5. The van der Waals surface area contributed by atoms with E-state index in [1.807, 2.05) is 0 Å². The lowest BCUT2D eigenvalue weighted by Gasteiger charge is -2.33. The first-order chi connectivity index (χ1) is 9.64. The second-order valence-electron chi connectivity index (χ2n) is 4.66. The molecule has 2 rings (SSSR count). The van der Waals surface area contributed by atoms with Crippen LogP contribution in [0.4, 0.5) is 10.1 Å². The van der Waals surface area contributed by atoms with Crippen molar-refractivity contribution in [3.63, 3.8) is 0 Å². The van der Waals surface area contributed by atoms with Crippen molar-refractivity contribution in [3.05, 3.63) is 24.0 Å². The van der Waals surface area contributed by atoms with E-state index in [-0.39, 0.29) is 18.0 Å². The van der Waals surface area contributed by atoms with Gasteiger partial charge in [-0.3, -0.25) is 0 Å². The van der Waals surface area contributed by atoms with E-state index >= 15 is 0 Å². The van der Waals surface area contributed by atoms with Crippen molar-refractivity contribution in [1.82, 2.24) is 4.31 Å². The van der Waals surface area contributed by atoms with Gasteiger partial charge in [0.25, 0.3) is 0 Å². The van der Waals surface area contributed by atoms with Crippen molar-refractivity contribution in [2.45, 2.75) is 10.3 Å². The summed E-state index contributed by atoms with van der Waals surface area (Å²) in [6, 6.07) is 3.01. The summed E-state index contributed by atoms with van der Waals surface area (Å²) in [6.07, 6.45) is 0.987. The molecule has 0 bridgehead atoms. The Morgan fingerprint density at radius 2 is 2.00 bits per heavy atom. The minimum absolute atomic E-state index is 0.0424. The van der Waals surface area contributed by atoms with Gasteiger partial charge in [0.05, 0.1) is 5.69 Å². The van der Waals surface area contributed by atoms with Crippen LogP contribution in [-0.4, -0.2) is 50.8 Å². The van der Waals surface area contributed by atoms with Gasteiger partial charge in [0.15, 0.2) is 9.84 Å². The second kappa shape index (κ2) is 5.75. The molecule has 1 aromatic rings. The molecule has 0 amide bonds. The Kier molecular flexibility index (Phi) is 4.52. The summed E-state index contributed by atoms with van der Waals surface area (Å²) in [4.78, 5) is -0.400. The Hall–Kier alpha value is -0.840. The first-order valence-corrected chi connectivity index (χ1v) is 10.5. The molecule has 0 radical (unpaired) electrons. The maximum atomic E-state index is 13.3. The summed E-state index contributed by atoms with van der Waals surface area (Å²) in [6.45, 7) is 0.0424. The summed E-state index contributed by atoms with van der Waals surface area (Å²) in [5, 5.41) is -1.16. The standard InChI is InChI=1S/C11H15FN2O4S3/c1-20(15,16)11-7-19-5-4-14(11)21(17,18)10-6-8(12)2-3-9(10)13/h2-3,6,11H,4-5,7,13H2,1H3. The fourth-order valence-corrected chi connectivity index (χ4v) is 7.33. The lowest BCUT2D eigenvalue weighted by atomic mass is 10.3. The Bertz CT molecular complexity index is 749. The van der Waals surface area contributed by atoms with Gasteiger partial charge in [0.1, 0.15) is 16.1 Å². The molecule has 10 heteroatoms.